The molecule has 0 radical (unpaired) electrons. The van der Waals surface area contributed by atoms with Crippen LogP contribution in [0.1, 0.15) is 23.5 Å². The van der Waals surface area contributed by atoms with Crippen LogP contribution in [0.25, 0.3) is 0 Å². The number of aliphatic carboxylic acids is 1. The van der Waals surface area contributed by atoms with Gasteiger partial charge >= 0.3 is 5.97 Å². The van der Waals surface area contributed by atoms with Gasteiger partial charge in [-0.25, -0.2) is 0 Å². The van der Waals surface area contributed by atoms with Crippen molar-refractivity contribution in [3.05, 3.63) is 65.7 Å². The maximum atomic E-state index is 11.6. The van der Waals surface area contributed by atoms with E-state index in [0.717, 1.165) is 11.3 Å². The summed E-state index contributed by atoms with van der Waals surface area (Å²) in [5.74, 6) is 0.353. The first-order chi connectivity index (χ1) is 10.2. The second-order valence-electron chi connectivity index (χ2n) is 5.51. The van der Waals surface area contributed by atoms with E-state index < -0.39 is 5.97 Å². The third kappa shape index (κ3) is 3.30. The molecule has 3 rings (SSSR count). The molecule has 2 unspecified atom stereocenters. The zero-order chi connectivity index (χ0) is 14.7. The second-order valence-corrected chi connectivity index (χ2v) is 6.57. The van der Waals surface area contributed by atoms with Gasteiger partial charge in [0.15, 0.2) is 0 Å². The highest BCUT2D eigenvalue weighted by atomic mass is 32.2. The lowest BCUT2D eigenvalue weighted by molar-refractivity contribution is -0.142. The van der Waals surface area contributed by atoms with Crippen molar-refractivity contribution < 1.29 is 9.90 Å². The fourth-order valence-electron chi connectivity index (χ4n) is 2.94. The number of rotatable bonds is 5. The van der Waals surface area contributed by atoms with Crippen LogP contribution in [-0.4, -0.2) is 16.8 Å². The minimum atomic E-state index is -0.687. The van der Waals surface area contributed by atoms with E-state index in [-0.39, 0.29) is 5.92 Å². The van der Waals surface area contributed by atoms with Crippen LogP contribution < -0.4 is 0 Å². The van der Waals surface area contributed by atoms with Gasteiger partial charge in [-0.2, -0.15) is 0 Å². The highest BCUT2D eigenvalue weighted by Crippen LogP contribution is 2.42. The van der Waals surface area contributed by atoms with E-state index in [2.05, 4.69) is 12.1 Å². The molecule has 2 aromatic rings. The van der Waals surface area contributed by atoms with E-state index in [1.165, 1.54) is 10.5 Å². The Bertz CT molecular complexity index is 624. The Labute approximate surface area is 129 Å². The first-order valence-corrected chi connectivity index (χ1v) is 8.21. The van der Waals surface area contributed by atoms with Crippen molar-refractivity contribution in [3.63, 3.8) is 0 Å². The number of hydrogen-bond acceptors (Lipinski definition) is 2. The van der Waals surface area contributed by atoms with Crippen molar-refractivity contribution in [1.82, 2.24) is 0 Å². The molecule has 0 saturated carbocycles. The molecule has 0 aliphatic carbocycles. The number of fused-ring (bicyclic) bond motifs is 1. The highest BCUT2D eigenvalue weighted by molar-refractivity contribution is 7.99. The van der Waals surface area contributed by atoms with Gasteiger partial charge in [0, 0.05) is 10.6 Å². The number of thioether (sulfide) groups is 1. The molecule has 1 heterocycles. The van der Waals surface area contributed by atoms with Crippen LogP contribution in [0, 0.1) is 5.92 Å². The molecule has 2 nitrogen and oxygen atoms in total. The molecular formula is C18H18O2S. The van der Waals surface area contributed by atoms with E-state index in [0.29, 0.717) is 18.8 Å². The average Bonchev–Trinajstić information content (AvgIpc) is 2.91. The minimum Gasteiger partial charge on any atom is -0.481 e. The second kappa shape index (κ2) is 6.35. The van der Waals surface area contributed by atoms with Crippen molar-refractivity contribution >= 4 is 17.7 Å². The molecule has 0 spiro atoms. The van der Waals surface area contributed by atoms with Gasteiger partial charge in [-0.1, -0.05) is 48.5 Å². The first-order valence-electron chi connectivity index (χ1n) is 7.22. The van der Waals surface area contributed by atoms with Crippen LogP contribution in [0.5, 0.6) is 0 Å². The van der Waals surface area contributed by atoms with E-state index in [4.69, 9.17) is 0 Å². The van der Waals surface area contributed by atoms with Crippen LogP contribution in [0.3, 0.4) is 0 Å². The van der Waals surface area contributed by atoms with Crippen molar-refractivity contribution in [2.45, 2.75) is 23.7 Å². The number of carboxylic acid groups (broad SMARTS) is 1. The fraction of sp³-hybridized carbons (Fsp3) is 0.278. The summed E-state index contributed by atoms with van der Waals surface area (Å²) in [7, 11) is 0. The van der Waals surface area contributed by atoms with Gasteiger partial charge in [-0.15, -0.1) is 11.8 Å². The van der Waals surface area contributed by atoms with Crippen LogP contribution in [-0.2, 0) is 11.2 Å². The van der Waals surface area contributed by atoms with Crippen molar-refractivity contribution in [3.8, 4) is 0 Å². The molecule has 0 saturated heterocycles. The van der Waals surface area contributed by atoms with Gasteiger partial charge in [0.1, 0.15) is 0 Å². The van der Waals surface area contributed by atoms with Crippen LogP contribution in [0.4, 0.5) is 0 Å². The minimum absolute atomic E-state index is 0.316. The lowest BCUT2D eigenvalue weighted by atomic mass is 9.87. The molecule has 0 bridgehead atoms. The summed E-state index contributed by atoms with van der Waals surface area (Å²) in [4.78, 5) is 12.9. The van der Waals surface area contributed by atoms with Crippen LogP contribution in [0.15, 0.2) is 59.5 Å². The van der Waals surface area contributed by atoms with Crippen molar-refractivity contribution in [2.75, 3.05) is 5.75 Å². The zero-order valence-electron chi connectivity index (χ0n) is 11.7. The predicted octanol–water partition coefficient (Wildman–Crippen LogP) is 4.21. The van der Waals surface area contributed by atoms with Gasteiger partial charge in [-0.3, -0.25) is 4.79 Å². The Kier molecular flexibility index (Phi) is 4.30. The number of hydrogen-bond donors (Lipinski definition) is 1. The lowest BCUT2D eigenvalue weighted by Crippen LogP contribution is -2.19. The number of carbonyl (C=O) groups is 1. The molecule has 2 atom stereocenters. The lowest BCUT2D eigenvalue weighted by Gasteiger charge is -2.17. The van der Waals surface area contributed by atoms with Gasteiger partial charge in [0.2, 0.25) is 0 Å². The summed E-state index contributed by atoms with van der Waals surface area (Å²) in [6, 6.07) is 18.3. The molecule has 0 amide bonds. The molecule has 3 heteroatoms. The number of carboxylic acids is 1. The Morgan fingerprint density at radius 2 is 1.86 bits per heavy atom. The molecule has 0 fully saturated rings. The summed E-state index contributed by atoms with van der Waals surface area (Å²) in [5.41, 5.74) is 2.42. The normalized spacial score (nSPS) is 18.2. The molecule has 21 heavy (non-hydrogen) atoms. The monoisotopic (exact) mass is 298 g/mol. The standard InChI is InChI=1S/C18H18O2S/c19-18(20)14(10-13-6-2-1-3-7-13)11-15-12-21-17-9-5-4-8-16(15)17/h1-9,14-15H,10-12H2,(H,19,20). The SMILES string of the molecule is O=C(O)C(Cc1ccccc1)CC1CSc2ccccc21. The largest absolute Gasteiger partial charge is 0.481 e. The topological polar surface area (TPSA) is 37.3 Å². The average molecular weight is 298 g/mol. The van der Waals surface area contributed by atoms with Crippen LogP contribution >= 0.6 is 11.8 Å². The van der Waals surface area contributed by atoms with E-state index in [1.54, 1.807) is 0 Å². The Balaban J connectivity index is 1.73. The third-order valence-corrected chi connectivity index (χ3v) is 5.29. The molecule has 1 aliphatic heterocycles. The zero-order valence-corrected chi connectivity index (χ0v) is 12.6. The maximum Gasteiger partial charge on any atom is 0.306 e. The number of benzene rings is 2. The summed E-state index contributed by atoms with van der Waals surface area (Å²) < 4.78 is 0. The predicted molar refractivity (Wildman–Crippen MR) is 85.8 cm³/mol. The Hall–Kier alpha value is -1.74. The van der Waals surface area contributed by atoms with Gasteiger partial charge in [0.25, 0.3) is 0 Å². The smallest absolute Gasteiger partial charge is 0.306 e. The highest BCUT2D eigenvalue weighted by Gasteiger charge is 2.28. The summed E-state index contributed by atoms with van der Waals surface area (Å²) in [5, 5.41) is 9.54. The molecule has 1 aliphatic rings. The molecule has 0 aromatic heterocycles. The Morgan fingerprint density at radius 1 is 1.14 bits per heavy atom. The molecule has 108 valence electrons. The van der Waals surface area contributed by atoms with Crippen molar-refractivity contribution in [1.29, 1.82) is 0 Å². The summed E-state index contributed by atoms with van der Waals surface area (Å²) >= 11 is 1.84. The van der Waals surface area contributed by atoms with E-state index >= 15 is 0 Å². The summed E-state index contributed by atoms with van der Waals surface area (Å²) in [6.45, 7) is 0. The van der Waals surface area contributed by atoms with Gasteiger partial charge < -0.3 is 5.11 Å². The van der Waals surface area contributed by atoms with Crippen molar-refractivity contribution in [2.24, 2.45) is 5.92 Å². The van der Waals surface area contributed by atoms with E-state index in [1.807, 2.05) is 54.2 Å². The maximum absolute atomic E-state index is 11.6. The molecular weight excluding hydrogens is 280 g/mol. The molecule has 1 N–H and O–H groups in total. The first kappa shape index (κ1) is 14.2. The summed E-state index contributed by atoms with van der Waals surface area (Å²) in [6.07, 6.45) is 1.33. The van der Waals surface area contributed by atoms with Crippen LogP contribution in [0.2, 0.25) is 0 Å². The van der Waals surface area contributed by atoms with Gasteiger partial charge in [0.05, 0.1) is 5.92 Å². The fourth-order valence-corrected chi connectivity index (χ4v) is 4.21. The molecule has 2 aromatic carbocycles. The quantitative estimate of drug-likeness (QED) is 0.898. The van der Waals surface area contributed by atoms with E-state index in [9.17, 15) is 9.90 Å². The Morgan fingerprint density at radius 3 is 2.62 bits per heavy atom. The third-order valence-electron chi connectivity index (χ3n) is 4.04. The van der Waals surface area contributed by atoms with Gasteiger partial charge in [-0.05, 0) is 36.0 Å².